The van der Waals surface area contributed by atoms with Crippen molar-refractivity contribution in [2.45, 2.75) is 71.6 Å². The number of carbonyl (C=O) groups is 1. The molecule has 1 atom stereocenters. The lowest BCUT2D eigenvalue weighted by atomic mass is 10.1. The molecule has 2 heterocycles. The zero-order valence-corrected chi connectivity index (χ0v) is 13.4. The highest BCUT2D eigenvalue weighted by molar-refractivity contribution is 5.76. The van der Waals surface area contributed by atoms with Crippen LogP contribution in [-0.4, -0.2) is 39.2 Å². The fourth-order valence-electron chi connectivity index (χ4n) is 2.51. The first-order valence-corrected chi connectivity index (χ1v) is 7.67. The molecule has 6 heteroatoms. The van der Waals surface area contributed by atoms with E-state index >= 15 is 0 Å². The van der Waals surface area contributed by atoms with Gasteiger partial charge in [-0.15, -0.1) is 0 Å². The summed E-state index contributed by atoms with van der Waals surface area (Å²) in [6, 6.07) is -0.203. The second kappa shape index (κ2) is 6.56. The molecule has 21 heavy (non-hydrogen) atoms. The number of esters is 1. The van der Waals surface area contributed by atoms with Crippen LogP contribution >= 0.6 is 0 Å². The number of ether oxygens (including phenoxy) is 1. The van der Waals surface area contributed by atoms with Gasteiger partial charge in [0.15, 0.2) is 5.82 Å². The van der Waals surface area contributed by atoms with Gasteiger partial charge in [0.25, 0.3) is 0 Å². The minimum absolute atomic E-state index is 0.159. The smallest absolute Gasteiger partial charge is 0.323 e. The van der Waals surface area contributed by atoms with Crippen LogP contribution in [0, 0.1) is 0 Å². The van der Waals surface area contributed by atoms with Crippen molar-refractivity contribution >= 4 is 5.97 Å². The summed E-state index contributed by atoms with van der Waals surface area (Å²) in [6.45, 7) is 9.11. The second-order valence-corrected chi connectivity index (χ2v) is 6.52. The molecule has 1 aliphatic rings. The van der Waals surface area contributed by atoms with Gasteiger partial charge in [-0.3, -0.25) is 9.69 Å². The predicted octanol–water partition coefficient (Wildman–Crippen LogP) is 2.33. The Balaban J connectivity index is 1.96. The lowest BCUT2D eigenvalue weighted by molar-refractivity contribution is -0.160. The van der Waals surface area contributed by atoms with Crippen LogP contribution < -0.4 is 0 Å². The predicted molar refractivity (Wildman–Crippen MR) is 77.6 cm³/mol. The van der Waals surface area contributed by atoms with Crippen LogP contribution in [0.4, 0.5) is 0 Å². The molecule has 1 aromatic rings. The van der Waals surface area contributed by atoms with E-state index in [1.807, 2.05) is 20.8 Å². The van der Waals surface area contributed by atoms with Crippen LogP contribution in [-0.2, 0) is 22.5 Å². The number of hydrogen-bond donors (Lipinski definition) is 0. The Morgan fingerprint density at radius 1 is 1.48 bits per heavy atom. The largest absolute Gasteiger partial charge is 0.459 e. The third-order valence-corrected chi connectivity index (χ3v) is 3.36. The summed E-state index contributed by atoms with van der Waals surface area (Å²) in [7, 11) is 0. The molecule has 0 spiro atoms. The van der Waals surface area contributed by atoms with Gasteiger partial charge in [-0.2, -0.15) is 4.98 Å². The van der Waals surface area contributed by atoms with Crippen molar-refractivity contribution in [1.29, 1.82) is 0 Å². The highest BCUT2D eigenvalue weighted by atomic mass is 16.6. The number of carbonyl (C=O) groups excluding carboxylic acids is 1. The van der Waals surface area contributed by atoms with E-state index in [0.717, 1.165) is 38.1 Å². The lowest BCUT2D eigenvalue weighted by Crippen LogP contribution is -2.40. The first-order valence-electron chi connectivity index (χ1n) is 7.67. The van der Waals surface area contributed by atoms with Gasteiger partial charge in [0, 0.05) is 6.42 Å². The van der Waals surface area contributed by atoms with Crippen LogP contribution in [0.15, 0.2) is 4.52 Å². The maximum atomic E-state index is 12.2. The van der Waals surface area contributed by atoms with Gasteiger partial charge in [0.2, 0.25) is 5.89 Å². The normalized spacial score (nSPS) is 19.9. The van der Waals surface area contributed by atoms with Gasteiger partial charge in [0.1, 0.15) is 11.6 Å². The van der Waals surface area contributed by atoms with Gasteiger partial charge < -0.3 is 9.26 Å². The fourth-order valence-corrected chi connectivity index (χ4v) is 2.51. The van der Waals surface area contributed by atoms with Crippen molar-refractivity contribution in [3.8, 4) is 0 Å². The lowest BCUT2D eigenvalue weighted by Gasteiger charge is -2.26. The Kier molecular flexibility index (Phi) is 4.98. The highest BCUT2D eigenvalue weighted by Crippen LogP contribution is 2.22. The van der Waals surface area contributed by atoms with Gasteiger partial charge >= 0.3 is 5.97 Å². The van der Waals surface area contributed by atoms with E-state index in [4.69, 9.17) is 9.26 Å². The number of nitrogens with zero attached hydrogens (tertiary/aromatic N) is 3. The first-order chi connectivity index (χ1) is 9.89. The maximum absolute atomic E-state index is 12.2. The Labute approximate surface area is 125 Å². The average Bonchev–Trinajstić information content (AvgIpc) is 2.97. The van der Waals surface area contributed by atoms with Gasteiger partial charge in [-0.05, 0) is 46.6 Å². The zero-order valence-electron chi connectivity index (χ0n) is 13.4. The Morgan fingerprint density at radius 3 is 2.90 bits per heavy atom. The van der Waals surface area contributed by atoms with E-state index in [1.54, 1.807) is 0 Å². The molecule has 0 amide bonds. The van der Waals surface area contributed by atoms with Crippen LogP contribution in [0.5, 0.6) is 0 Å². The second-order valence-electron chi connectivity index (χ2n) is 6.52. The molecular formula is C15H25N3O3. The van der Waals surface area contributed by atoms with E-state index in [1.165, 1.54) is 0 Å². The molecule has 0 N–H and O–H groups in total. The third kappa shape index (κ3) is 4.52. The standard InChI is InChI=1S/C15H25N3O3/c1-5-7-12-16-13(21-17-12)10-18-9-6-8-11(18)14(19)20-15(2,3)4/h11H,5-10H2,1-4H3/t11-/m1/s1. The molecule has 0 unspecified atom stereocenters. The van der Waals surface area contributed by atoms with Crippen molar-refractivity contribution < 1.29 is 14.1 Å². The van der Waals surface area contributed by atoms with Gasteiger partial charge in [-0.1, -0.05) is 12.1 Å². The molecule has 0 aromatic carbocycles. The molecule has 0 saturated carbocycles. The summed E-state index contributed by atoms with van der Waals surface area (Å²) in [5.41, 5.74) is -0.454. The minimum Gasteiger partial charge on any atom is -0.459 e. The third-order valence-electron chi connectivity index (χ3n) is 3.36. The molecule has 118 valence electrons. The topological polar surface area (TPSA) is 68.5 Å². The first kappa shape index (κ1) is 15.9. The summed E-state index contributed by atoms with van der Waals surface area (Å²) in [6.07, 6.45) is 3.62. The van der Waals surface area contributed by atoms with E-state index in [-0.39, 0.29) is 12.0 Å². The molecule has 1 fully saturated rings. The van der Waals surface area contributed by atoms with Crippen molar-refractivity contribution in [3.63, 3.8) is 0 Å². The van der Waals surface area contributed by atoms with Crippen LogP contribution in [0.2, 0.25) is 0 Å². The van der Waals surface area contributed by atoms with Gasteiger partial charge in [-0.25, -0.2) is 0 Å². The molecule has 0 aliphatic carbocycles. The summed E-state index contributed by atoms with van der Waals surface area (Å²) in [5.74, 6) is 1.16. The number of hydrogen-bond acceptors (Lipinski definition) is 6. The monoisotopic (exact) mass is 295 g/mol. The number of aryl methyl sites for hydroxylation is 1. The highest BCUT2D eigenvalue weighted by Gasteiger charge is 2.34. The van der Waals surface area contributed by atoms with Gasteiger partial charge in [0.05, 0.1) is 6.54 Å². The molecule has 6 nitrogen and oxygen atoms in total. The zero-order chi connectivity index (χ0) is 15.5. The Hall–Kier alpha value is -1.43. The number of likely N-dealkylation sites (tertiary alicyclic amines) is 1. The van der Waals surface area contributed by atoms with Crippen LogP contribution in [0.1, 0.15) is 58.7 Å². The SMILES string of the molecule is CCCc1noc(CN2CCC[C@@H]2C(=O)OC(C)(C)C)n1. The summed E-state index contributed by atoms with van der Waals surface area (Å²) in [5, 5.41) is 3.95. The molecule has 1 saturated heterocycles. The van der Waals surface area contributed by atoms with Crippen LogP contribution in [0.25, 0.3) is 0 Å². The molecule has 1 aromatic heterocycles. The number of aromatic nitrogens is 2. The van der Waals surface area contributed by atoms with Crippen molar-refractivity contribution in [1.82, 2.24) is 15.0 Å². The summed E-state index contributed by atoms with van der Waals surface area (Å²) < 4.78 is 10.7. The molecular weight excluding hydrogens is 270 g/mol. The Bertz CT molecular complexity index is 479. The van der Waals surface area contributed by atoms with Crippen molar-refractivity contribution in [2.75, 3.05) is 6.54 Å². The van der Waals surface area contributed by atoms with E-state index < -0.39 is 5.60 Å². The molecule has 2 rings (SSSR count). The quantitative estimate of drug-likeness (QED) is 0.777. The number of rotatable bonds is 5. The molecule has 0 radical (unpaired) electrons. The Morgan fingerprint density at radius 2 is 2.24 bits per heavy atom. The van der Waals surface area contributed by atoms with E-state index in [2.05, 4.69) is 22.0 Å². The maximum Gasteiger partial charge on any atom is 0.323 e. The molecule has 0 bridgehead atoms. The summed E-state index contributed by atoms with van der Waals surface area (Å²) >= 11 is 0. The average molecular weight is 295 g/mol. The van der Waals surface area contributed by atoms with Crippen molar-refractivity contribution in [3.05, 3.63) is 11.7 Å². The van der Waals surface area contributed by atoms with Crippen LogP contribution in [0.3, 0.4) is 0 Å². The van der Waals surface area contributed by atoms with E-state index in [9.17, 15) is 4.79 Å². The minimum atomic E-state index is -0.454. The summed E-state index contributed by atoms with van der Waals surface area (Å²) in [4.78, 5) is 18.7. The van der Waals surface area contributed by atoms with Crippen molar-refractivity contribution in [2.24, 2.45) is 0 Å². The fraction of sp³-hybridized carbons (Fsp3) is 0.800. The molecule has 1 aliphatic heterocycles. The van der Waals surface area contributed by atoms with E-state index in [0.29, 0.717) is 12.4 Å².